The molecular weight excluding hydrogens is 230 g/mol. The van der Waals surface area contributed by atoms with Crippen molar-refractivity contribution in [2.45, 2.75) is 32.1 Å². The molecule has 0 atom stereocenters. The number of Topliss-reactive ketones (excluding diaryl/α,β-unsaturated/α-hetero) is 1. The molecule has 0 aromatic carbocycles. The van der Waals surface area contributed by atoms with Gasteiger partial charge in [-0.3, -0.25) is 4.79 Å². The summed E-state index contributed by atoms with van der Waals surface area (Å²) in [5.41, 5.74) is 5.40. The largest absolute Gasteiger partial charge is 0.351 e. The van der Waals surface area contributed by atoms with Crippen LogP contribution in [-0.4, -0.2) is 15.9 Å². The van der Waals surface area contributed by atoms with E-state index in [0.29, 0.717) is 11.8 Å². The highest BCUT2D eigenvalue weighted by atomic mass is 16.5. The predicted octanol–water partition coefficient (Wildman–Crippen LogP) is 1.91. The maximum Gasteiger partial charge on any atom is 0.319 e. The number of hydrogen-bond donors (Lipinski definition) is 1. The second-order valence-corrected chi connectivity index (χ2v) is 6.28. The van der Waals surface area contributed by atoms with Crippen LogP contribution in [0.1, 0.15) is 42.7 Å². The lowest BCUT2D eigenvalue weighted by molar-refractivity contribution is -0.0256. The van der Waals surface area contributed by atoms with Crippen molar-refractivity contribution in [1.82, 2.24) is 10.1 Å². The first kappa shape index (κ1) is 10.5. The SMILES string of the molecule is Nc1nc(C(=O)C2C3CC4CC(C3)CC2C4)no1. The Bertz CT molecular complexity index is 468. The number of ketones is 1. The number of rotatable bonds is 2. The molecule has 4 bridgehead atoms. The number of aromatic nitrogens is 2. The van der Waals surface area contributed by atoms with Gasteiger partial charge in [0.25, 0.3) is 0 Å². The summed E-state index contributed by atoms with van der Waals surface area (Å²) in [6.45, 7) is 0. The van der Waals surface area contributed by atoms with Gasteiger partial charge in [0.1, 0.15) is 0 Å². The molecule has 1 heterocycles. The molecule has 96 valence electrons. The predicted molar refractivity (Wildman–Crippen MR) is 63.6 cm³/mol. The van der Waals surface area contributed by atoms with E-state index in [-0.39, 0.29) is 23.5 Å². The van der Waals surface area contributed by atoms with E-state index < -0.39 is 0 Å². The van der Waals surface area contributed by atoms with Crippen LogP contribution in [0.15, 0.2) is 4.52 Å². The second kappa shape index (κ2) is 3.56. The Labute approximate surface area is 105 Å². The molecule has 4 aliphatic rings. The number of nitrogens with zero attached hydrogens (tertiary/aromatic N) is 2. The molecule has 5 nitrogen and oxygen atoms in total. The van der Waals surface area contributed by atoms with Gasteiger partial charge in [-0.05, 0) is 55.8 Å². The minimum Gasteiger partial charge on any atom is -0.351 e. The van der Waals surface area contributed by atoms with Crippen LogP contribution in [0.25, 0.3) is 0 Å². The molecule has 5 rings (SSSR count). The Morgan fingerprint density at radius 3 is 2.22 bits per heavy atom. The molecule has 5 heteroatoms. The molecule has 0 spiro atoms. The molecule has 4 saturated carbocycles. The molecule has 0 unspecified atom stereocenters. The maximum atomic E-state index is 12.5. The molecule has 18 heavy (non-hydrogen) atoms. The number of nitrogens with two attached hydrogens (primary N) is 1. The van der Waals surface area contributed by atoms with Gasteiger partial charge in [-0.15, -0.1) is 0 Å². The van der Waals surface area contributed by atoms with Gasteiger partial charge in [0.05, 0.1) is 0 Å². The van der Waals surface area contributed by atoms with Gasteiger partial charge in [0.15, 0.2) is 0 Å². The minimum atomic E-state index is -0.0119. The molecule has 0 amide bonds. The van der Waals surface area contributed by atoms with Gasteiger partial charge in [-0.2, -0.15) is 4.98 Å². The van der Waals surface area contributed by atoms with E-state index in [9.17, 15) is 4.79 Å². The van der Waals surface area contributed by atoms with Crippen LogP contribution < -0.4 is 5.73 Å². The van der Waals surface area contributed by atoms with Crippen molar-refractivity contribution < 1.29 is 9.32 Å². The van der Waals surface area contributed by atoms with Crippen molar-refractivity contribution in [2.24, 2.45) is 29.6 Å². The monoisotopic (exact) mass is 247 g/mol. The Hall–Kier alpha value is -1.39. The Kier molecular flexibility index (Phi) is 2.08. The third-order valence-electron chi connectivity index (χ3n) is 5.19. The Morgan fingerprint density at radius 2 is 1.72 bits per heavy atom. The number of nitrogen functional groups attached to an aromatic ring is 1. The lowest BCUT2D eigenvalue weighted by Gasteiger charge is -2.53. The fourth-order valence-electron chi connectivity index (χ4n) is 4.84. The number of hydrogen-bond acceptors (Lipinski definition) is 5. The Morgan fingerprint density at radius 1 is 1.11 bits per heavy atom. The second-order valence-electron chi connectivity index (χ2n) is 6.28. The molecule has 0 aliphatic heterocycles. The van der Waals surface area contributed by atoms with Gasteiger partial charge >= 0.3 is 6.01 Å². The fraction of sp³-hybridized carbons (Fsp3) is 0.769. The first-order valence-corrected chi connectivity index (χ1v) is 6.84. The van der Waals surface area contributed by atoms with E-state index >= 15 is 0 Å². The summed E-state index contributed by atoms with van der Waals surface area (Å²) in [5, 5.41) is 3.69. The zero-order valence-electron chi connectivity index (χ0n) is 10.2. The van der Waals surface area contributed by atoms with Crippen LogP contribution in [0.3, 0.4) is 0 Å². The van der Waals surface area contributed by atoms with E-state index in [1.54, 1.807) is 0 Å². The summed E-state index contributed by atoms with van der Waals surface area (Å²) in [6.07, 6.45) is 6.27. The summed E-state index contributed by atoms with van der Waals surface area (Å²) in [6, 6.07) is -0.0119. The van der Waals surface area contributed by atoms with Crippen molar-refractivity contribution in [3.05, 3.63) is 5.82 Å². The van der Waals surface area contributed by atoms with Gasteiger partial charge < -0.3 is 10.3 Å². The van der Waals surface area contributed by atoms with E-state index in [1.807, 2.05) is 0 Å². The molecule has 0 radical (unpaired) electrons. The smallest absolute Gasteiger partial charge is 0.319 e. The maximum absolute atomic E-state index is 12.5. The highest BCUT2D eigenvalue weighted by Gasteiger charge is 2.51. The lowest BCUT2D eigenvalue weighted by atomic mass is 9.51. The summed E-state index contributed by atoms with van der Waals surface area (Å²) in [7, 11) is 0. The average molecular weight is 247 g/mol. The van der Waals surface area contributed by atoms with Crippen molar-refractivity contribution in [3.8, 4) is 0 Å². The normalized spacial score (nSPS) is 41.2. The standard InChI is InChI=1S/C13H17N3O2/c14-13-15-12(16-18-13)11(17)10-8-2-6-1-7(4-8)5-9(10)3-6/h6-10H,1-5H2,(H2,14,15,16). The highest BCUT2D eigenvalue weighted by Crippen LogP contribution is 2.57. The van der Waals surface area contributed by atoms with Crippen LogP contribution in [0.2, 0.25) is 0 Å². The lowest BCUT2D eigenvalue weighted by Crippen LogP contribution is -2.48. The average Bonchev–Trinajstić information content (AvgIpc) is 2.74. The molecule has 2 N–H and O–H groups in total. The zero-order valence-corrected chi connectivity index (χ0v) is 10.2. The van der Waals surface area contributed by atoms with E-state index in [0.717, 1.165) is 11.8 Å². The number of carbonyl (C=O) groups excluding carboxylic acids is 1. The van der Waals surface area contributed by atoms with Crippen LogP contribution in [-0.2, 0) is 0 Å². The van der Waals surface area contributed by atoms with Crippen LogP contribution in [0.5, 0.6) is 0 Å². The van der Waals surface area contributed by atoms with Crippen molar-refractivity contribution in [2.75, 3.05) is 5.73 Å². The molecule has 4 fully saturated rings. The molecular formula is C13H17N3O2. The topological polar surface area (TPSA) is 82.0 Å². The third-order valence-corrected chi connectivity index (χ3v) is 5.19. The first-order valence-electron chi connectivity index (χ1n) is 6.84. The van der Waals surface area contributed by atoms with Crippen LogP contribution in [0.4, 0.5) is 6.01 Å². The zero-order chi connectivity index (χ0) is 12.3. The van der Waals surface area contributed by atoms with Gasteiger partial charge in [0.2, 0.25) is 11.6 Å². The quantitative estimate of drug-likeness (QED) is 0.807. The van der Waals surface area contributed by atoms with Crippen molar-refractivity contribution in [3.63, 3.8) is 0 Å². The summed E-state index contributed by atoms with van der Waals surface area (Å²) >= 11 is 0. The molecule has 4 aliphatic carbocycles. The first-order chi connectivity index (χ1) is 8.70. The number of anilines is 1. The van der Waals surface area contributed by atoms with Crippen LogP contribution >= 0.6 is 0 Å². The third kappa shape index (κ3) is 1.42. The fourth-order valence-corrected chi connectivity index (χ4v) is 4.84. The van der Waals surface area contributed by atoms with Crippen molar-refractivity contribution >= 4 is 11.8 Å². The van der Waals surface area contributed by atoms with E-state index in [1.165, 1.54) is 32.1 Å². The highest BCUT2D eigenvalue weighted by molar-refractivity contribution is 5.95. The van der Waals surface area contributed by atoms with Gasteiger partial charge in [0, 0.05) is 5.92 Å². The summed E-state index contributed by atoms with van der Waals surface area (Å²) in [4.78, 5) is 16.4. The van der Waals surface area contributed by atoms with E-state index in [2.05, 4.69) is 10.1 Å². The van der Waals surface area contributed by atoms with E-state index in [4.69, 9.17) is 10.3 Å². The van der Waals surface area contributed by atoms with Crippen LogP contribution in [0, 0.1) is 29.6 Å². The molecule has 1 aromatic heterocycles. The number of carbonyl (C=O) groups is 1. The minimum absolute atomic E-state index is 0.0119. The molecule has 1 aromatic rings. The summed E-state index contributed by atoms with van der Waals surface area (Å²) < 4.78 is 4.72. The molecule has 0 saturated heterocycles. The van der Waals surface area contributed by atoms with Gasteiger partial charge in [-0.25, -0.2) is 0 Å². The summed E-state index contributed by atoms with van der Waals surface area (Å²) in [5.74, 6) is 3.20. The van der Waals surface area contributed by atoms with Crippen molar-refractivity contribution in [1.29, 1.82) is 0 Å². The van der Waals surface area contributed by atoms with Gasteiger partial charge in [-0.1, -0.05) is 5.16 Å². The Balaban J connectivity index is 1.63.